The van der Waals surface area contributed by atoms with Crippen molar-refractivity contribution in [2.75, 3.05) is 6.61 Å². The Morgan fingerprint density at radius 1 is 1.04 bits per heavy atom. The molecule has 0 amide bonds. The monoisotopic (exact) mass is 382 g/mol. The Hall–Kier alpha value is -2.62. The van der Waals surface area contributed by atoms with Gasteiger partial charge in [-0.05, 0) is 97.6 Å². The zero-order valence-corrected chi connectivity index (χ0v) is 16.6. The Bertz CT molecular complexity index is 881. The summed E-state index contributed by atoms with van der Waals surface area (Å²) in [7, 11) is 0. The van der Waals surface area contributed by atoms with Gasteiger partial charge in [-0.3, -0.25) is 4.79 Å². The van der Waals surface area contributed by atoms with E-state index in [-0.39, 0.29) is 12.2 Å². The van der Waals surface area contributed by atoms with Gasteiger partial charge >= 0.3 is 5.97 Å². The van der Waals surface area contributed by atoms with Crippen molar-refractivity contribution in [3.63, 3.8) is 0 Å². The van der Waals surface area contributed by atoms with Crippen molar-refractivity contribution in [1.82, 2.24) is 0 Å². The Kier molecular flexibility index (Phi) is 6.50. The molecule has 3 rings (SSSR count). The van der Waals surface area contributed by atoms with Gasteiger partial charge in [0.15, 0.2) is 0 Å². The molecule has 148 valence electrons. The average Bonchev–Trinajstić information content (AvgIpc) is 2.69. The van der Waals surface area contributed by atoms with E-state index < -0.39 is 5.97 Å². The zero-order valence-electron chi connectivity index (χ0n) is 16.6. The second-order valence-electron chi connectivity index (χ2n) is 7.45. The Labute approximate surface area is 165 Å². The molecule has 0 radical (unpaired) electrons. The number of hydrogen-bond acceptors (Lipinski definition) is 2. The summed E-state index contributed by atoms with van der Waals surface area (Å²) < 4.78 is 19.4. The molecule has 4 heteroatoms. The molecule has 0 bridgehead atoms. The van der Waals surface area contributed by atoms with Crippen LogP contribution in [0.15, 0.2) is 42.0 Å². The number of carbonyl (C=O) groups is 1. The number of allylic oxidation sites excluding steroid dienone is 1. The third-order valence-electron chi connectivity index (χ3n) is 5.63. The van der Waals surface area contributed by atoms with E-state index in [0.29, 0.717) is 13.0 Å². The highest BCUT2D eigenvalue weighted by Gasteiger charge is 2.16. The van der Waals surface area contributed by atoms with Crippen LogP contribution in [0.25, 0.3) is 5.57 Å². The van der Waals surface area contributed by atoms with E-state index >= 15 is 0 Å². The summed E-state index contributed by atoms with van der Waals surface area (Å²) in [6, 6.07) is 10.6. The number of benzene rings is 2. The Morgan fingerprint density at radius 2 is 1.75 bits per heavy atom. The summed E-state index contributed by atoms with van der Waals surface area (Å²) in [4.78, 5) is 10.8. The SMILES string of the molecule is Cc1c(CCC(=O)O)ccc(OCC2=C(c3ccc(F)cc3)CCCC2)c1C. The quantitative estimate of drug-likeness (QED) is 0.652. The van der Waals surface area contributed by atoms with E-state index in [1.54, 1.807) is 0 Å². The highest BCUT2D eigenvalue weighted by Crippen LogP contribution is 2.33. The van der Waals surface area contributed by atoms with Crippen LogP contribution in [-0.2, 0) is 11.2 Å². The highest BCUT2D eigenvalue weighted by atomic mass is 19.1. The third-order valence-corrected chi connectivity index (χ3v) is 5.63. The van der Waals surface area contributed by atoms with Crippen LogP contribution < -0.4 is 4.74 Å². The van der Waals surface area contributed by atoms with E-state index in [4.69, 9.17) is 9.84 Å². The topological polar surface area (TPSA) is 46.5 Å². The van der Waals surface area contributed by atoms with Crippen molar-refractivity contribution in [1.29, 1.82) is 0 Å². The van der Waals surface area contributed by atoms with E-state index in [0.717, 1.165) is 53.7 Å². The maximum absolute atomic E-state index is 13.3. The van der Waals surface area contributed by atoms with Gasteiger partial charge in [0, 0.05) is 6.42 Å². The average molecular weight is 382 g/mol. The lowest BCUT2D eigenvalue weighted by atomic mass is 9.87. The van der Waals surface area contributed by atoms with E-state index in [9.17, 15) is 9.18 Å². The maximum atomic E-state index is 13.3. The van der Waals surface area contributed by atoms with Crippen molar-refractivity contribution in [2.24, 2.45) is 0 Å². The van der Waals surface area contributed by atoms with Crippen LogP contribution in [0.2, 0.25) is 0 Å². The fraction of sp³-hybridized carbons (Fsp3) is 0.375. The molecule has 0 aliphatic heterocycles. The van der Waals surface area contributed by atoms with Crippen LogP contribution in [0, 0.1) is 19.7 Å². The first-order valence-electron chi connectivity index (χ1n) is 9.86. The van der Waals surface area contributed by atoms with Crippen LogP contribution in [0.4, 0.5) is 4.39 Å². The number of aliphatic carboxylic acids is 1. The van der Waals surface area contributed by atoms with Gasteiger partial charge in [-0.2, -0.15) is 0 Å². The minimum absolute atomic E-state index is 0.133. The first kappa shape index (κ1) is 20.1. The Morgan fingerprint density at radius 3 is 2.46 bits per heavy atom. The first-order valence-corrected chi connectivity index (χ1v) is 9.86. The molecule has 2 aromatic rings. The van der Waals surface area contributed by atoms with Crippen molar-refractivity contribution < 1.29 is 19.0 Å². The number of halogens is 1. The van der Waals surface area contributed by atoms with E-state index in [2.05, 4.69) is 0 Å². The minimum Gasteiger partial charge on any atom is -0.489 e. The lowest BCUT2D eigenvalue weighted by Crippen LogP contribution is -2.09. The molecular formula is C24H27FO3. The highest BCUT2D eigenvalue weighted by molar-refractivity contribution is 5.69. The van der Waals surface area contributed by atoms with Crippen LogP contribution in [-0.4, -0.2) is 17.7 Å². The molecule has 0 saturated carbocycles. The summed E-state index contributed by atoms with van der Waals surface area (Å²) in [6.45, 7) is 4.57. The van der Waals surface area contributed by atoms with Gasteiger partial charge in [-0.15, -0.1) is 0 Å². The molecule has 1 N–H and O–H groups in total. The van der Waals surface area contributed by atoms with Gasteiger partial charge in [0.25, 0.3) is 0 Å². The standard InChI is InChI=1S/C24H27FO3/c1-16-17(2)23(13-9-18(16)10-14-24(26)27)28-15-20-5-3-4-6-22(20)19-7-11-21(25)12-8-19/h7-9,11-13H,3-6,10,14-15H2,1-2H3,(H,26,27). The van der Waals surface area contributed by atoms with Crippen molar-refractivity contribution >= 4 is 11.5 Å². The number of carboxylic acid groups (broad SMARTS) is 1. The van der Waals surface area contributed by atoms with Gasteiger partial charge in [0.2, 0.25) is 0 Å². The summed E-state index contributed by atoms with van der Waals surface area (Å²) in [5, 5.41) is 8.90. The largest absolute Gasteiger partial charge is 0.489 e. The zero-order chi connectivity index (χ0) is 20.1. The van der Waals surface area contributed by atoms with Gasteiger partial charge in [0.1, 0.15) is 18.2 Å². The lowest BCUT2D eigenvalue weighted by Gasteiger charge is -2.22. The molecule has 2 aromatic carbocycles. The number of aryl methyl sites for hydroxylation is 1. The van der Waals surface area contributed by atoms with E-state index in [1.807, 2.05) is 38.1 Å². The Balaban J connectivity index is 1.77. The van der Waals surface area contributed by atoms with Crippen molar-refractivity contribution in [2.45, 2.75) is 52.4 Å². The van der Waals surface area contributed by atoms with Crippen LogP contribution in [0.5, 0.6) is 5.75 Å². The summed E-state index contributed by atoms with van der Waals surface area (Å²) in [5.41, 5.74) is 6.84. The van der Waals surface area contributed by atoms with Gasteiger partial charge in [-0.1, -0.05) is 18.2 Å². The molecule has 0 saturated heterocycles. The molecule has 0 heterocycles. The van der Waals surface area contributed by atoms with Gasteiger partial charge in [-0.25, -0.2) is 4.39 Å². The molecule has 1 aliphatic rings. The van der Waals surface area contributed by atoms with Gasteiger partial charge in [0.05, 0.1) is 0 Å². The second kappa shape index (κ2) is 9.05. The summed E-state index contributed by atoms with van der Waals surface area (Å²) >= 11 is 0. The molecule has 0 atom stereocenters. The van der Waals surface area contributed by atoms with Crippen molar-refractivity contribution in [3.8, 4) is 5.75 Å². The summed E-state index contributed by atoms with van der Waals surface area (Å²) in [6.07, 6.45) is 4.95. The fourth-order valence-corrected chi connectivity index (χ4v) is 3.81. The minimum atomic E-state index is -0.782. The van der Waals surface area contributed by atoms with Crippen LogP contribution >= 0.6 is 0 Å². The summed E-state index contributed by atoms with van der Waals surface area (Å²) in [5.74, 6) is -0.157. The molecule has 0 aromatic heterocycles. The predicted octanol–water partition coefficient (Wildman–Crippen LogP) is 5.87. The molecule has 0 spiro atoms. The van der Waals surface area contributed by atoms with Crippen LogP contribution in [0.3, 0.4) is 0 Å². The fourth-order valence-electron chi connectivity index (χ4n) is 3.81. The molecule has 28 heavy (non-hydrogen) atoms. The number of ether oxygens (including phenoxy) is 1. The maximum Gasteiger partial charge on any atom is 0.303 e. The van der Waals surface area contributed by atoms with Crippen LogP contribution in [0.1, 0.15) is 54.4 Å². The molecule has 1 aliphatic carbocycles. The smallest absolute Gasteiger partial charge is 0.303 e. The van der Waals surface area contributed by atoms with Crippen molar-refractivity contribution in [3.05, 3.63) is 70.0 Å². The number of hydrogen-bond donors (Lipinski definition) is 1. The first-order chi connectivity index (χ1) is 13.5. The second-order valence-corrected chi connectivity index (χ2v) is 7.45. The molecule has 0 fully saturated rings. The van der Waals surface area contributed by atoms with Gasteiger partial charge < -0.3 is 9.84 Å². The normalized spacial score (nSPS) is 14.2. The molecular weight excluding hydrogens is 355 g/mol. The predicted molar refractivity (Wildman–Crippen MR) is 109 cm³/mol. The third kappa shape index (κ3) is 4.80. The molecule has 0 unspecified atom stereocenters. The lowest BCUT2D eigenvalue weighted by molar-refractivity contribution is -0.136. The van der Waals surface area contributed by atoms with E-state index in [1.165, 1.54) is 23.3 Å². The molecule has 3 nitrogen and oxygen atoms in total. The number of carboxylic acids is 1. The number of rotatable bonds is 7.